The predicted octanol–water partition coefficient (Wildman–Crippen LogP) is 2.45. The Morgan fingerprint density at radius 2 is 2.06 bits per heavy atom. The maximum Gasteiger partial charge on any atom is 0.331 e. The van der Waals surface area contributed by atoms with Gasteiger partial charge in [-0.3, -0.25) is 0 Å². The first-order chi connectivity index (χ1) is 7.90. The van der Waals surface area contributed by atoms with Crippen LogP contribution in [0.5, 0.6) is 5.88 Å². The largest absolute Gasteiger partial charge is 0.481 e. The number of hydrogen-bond donors (Lipinski definition) is 0. The highest BCUT2D eigenvalue weighted by Gasteiger charge is 2.13. The minimum Gasteiger partial charge on any atom is -0.481 e. The lowest BCUT2D eigenvalue weighted by atomic mass is 10.2. The van der Waals surface area contributed by atoms with E-state index >= 15 is 0 Å². The lowest BCUT2D eigenvalue weighted by Crippen LogP contribution is -2.22. The first-order valence-corrected chi connectivity index (χ1v) is 5.33. The van der Waals surface area contributed by atoms with Gasteiger partial charge in [0.15, 0.2) is 0 Å². The van der Waals surface area contributed by atoms with E-state index in [9.17, 15) is 4.79 Å². The molecule has 0 atom stereocenters. The average molecular weight is 235 g/mol. The molecule has 1 aromatic heterocycles. The second-order valence-corrected chi connectivity index (χ2v) is 4.47. The van der Waals surface area contributed by atoms with Gasteiger partial charge in [0.25, 0.3) is 0 Å². The van der Waals surface area contributed by atoms with Gasteiger partial charge in [0.05, 0.1) is 12.8 Å². The molecule has 0 aromatic carbocycles. The molecule has 17 heavy (non-hydrogen) atoms. The highest BCUT2D eigenvalue weighted by Crippen LogP contribution is 2.10. The predicted molar refractivity (Wildman–Crippen MR) is 65.7 cm³/mol. The molecular formula is C13H17NO3. The third-order valence-corrected chi connectivity index (χ3v) is 1.75. The van der Waals surface area contributed by atoms with E-state index in [-0.39, 0.29) is 5.97 Å². The van der Waals surface area contributed by atoms with Crippen molar-refractivity contribution in [1.29, 1.82) is 0 Å². The van der Waals surface area contributed by atoms with E-state index in [4.69, 9.17) is 9.47 Å². The Morgan fingerprint density at radius 3 is 2.65 bits per heavy atom. The fourth-order valence-corrected chi connectivity index (χ4v) is 1.13. The third-order valence-electron chi connectivity index (χ3n) is 1.75. The van der Waals surface area contributed by atoms with Crippen LogP contribution in [0.3, 0.4) is 0 Å². The normalized spacial score (nSPS) is 11.5. The number of aromatic nitrogens is 1. The molecule has 0 aliphatic carbocycles. The van der Waals surface area contributed by atoms with Crippen LogP contribution in [-0.2, 0) is 9.53 Å². The van der Waals surface area contributed by atoms with E-state index < -0.39 is 5.60 Å². The van der Waals surface area contributed by atoms with E-state index in [1.165, 1.54) is 6.08 Å². The number of carbonyl (C=O) groups is 1. The van der Waals surface area contributed by atoms with Gasteiger partial charge in [0, 0.05) is 12.1 Å². The summed E-state index contributed by atoms with van der Waals surface area (Å²) in [4.78, 5) is 15.6. The molecule has 0 radical (unpaired) electrons. The molecule has 0 aliphatic rings. The zero-order chi connectivity index (χ0) is 12.9. The summed E-state index contributed by atoms with van der Waals surface area (Å²) < 4.78 is 10.1. The molecule has 4 heteroatoms. The van der Waals surface area contributed by atoms with Gasteiger partial charge in [0.2, 0.25) is 5.88 Å². The number of rotatable bonds is 3. The third kappa shape index (κ3) is 5.15. The fourth-order valence-electron chi connectivity index (χ4n) is 1.13. The SMILES string of the molecule is COc1cccc(/C=C/C(=O)OC(C)(C)C)n1. The molecule has 0 amide bonds. The molecule has 1 heterocycles. The summed E-state index contributed by atoms with van der Waals surface area (Å²) in [5.41, 5.74) is 0.165. The standard InChI is InChI=1S/C13H17NO3/c1-13(2,3)17-12(15)9-8-10-6-5-7-11(14-10)16-4/h5-9H,1-4H3/b9-8+. The summed E-state index contributed by atoms with van der Waals surface area (Å²) in [6.45, 7) is 5.47. The zero-order valence-electron chi connectivity index (χ0n) is 10.6. The second-order valence-electron chi connectivity index (χ2n) is 4.47. The minimum atomic E-state index is -0.483. The molecule has 0 spiro atoms. The number of methoxy groups -OCH3 is 1. The zero-order valence-corrected chi connectivity index (χ0v) is 10.6. The van der Waals surface area contributed by atoms with E-state index in [0.29, 0.717) is 11.6 Å². The Balaban J connectivity index is 2.67. The summed E-state index contributed by atoms with van der Waals surface area (Å²) in [7, 11) is 1.55. The summed E-state index contributed by atoms with van der Waals surface area (Å²) in [5.74, 6) is 0.124. The molecule has 92 valence electrons. The Hall–Kier alpha value is -1.84. The molecule has 0 unspecified atom stereocenters. The van der Waals surface area contributed by atoms with Crippen molar-refractivity contribution in [2.45, 2.75) is 26.4 Å². The van der Waals surface area contributed by atoms with E-state index in [2.05, 4.69) is 4.98 Å². The van der Waals surface area contributed by atoms with Crippen molar-refractivity contribution >= 4 is 12.0 Å². The quantitative estimate of drug-likeness (QED) is 0.596. The summed E-state index contributed by atoms with van der Waals surface area (Å²) >= 11 is 0. The van der Waals surface area contributed by atoms with E-state index in [1.807, 2.05) is 20.8 Å². The van der Waals surface area contributed by atoms with Gasteiger partial charge in [-0.15, -0.1) is 0 Å². The van der Waals surface area contributed by atoms with Crippen molar-refractivity contribution in [3.63, 3.8) is 0 Å². The highest BCUT2D eigenvalue weighted by molar-refractivity contribution is 5.87. The van der Waals surface area contributed by atoms with Gasteiger partial charge < -0.3 is 9.47 Å². The van der Waals surface area contributed by atoms with Crippen LogP contribution >= 0.6 is 0 Å². The number of hydrogen-bond acceptors (Lipinski definition) is 4. The van der Waals surface area contributed by atoms with Crippen LogP contribution in [0.25, 0.3) is 6.08 Å². The first kappa shape index (κ1) is 13.2. The van der Waals surface area contributed by atoms with Gasteiger partial charge in [0.1, 0.15) is 5.60 Å². The van der Waals surface area contributed by atoms with Crippen LogP contribution in [-0.4, -0.2) is 23.7 Å². The van der Waals surface area contributed by atoms with Crippen molar-refractivity contribution in [3.8, 4) is 5.88 Å². The molecule has 0 aliphatic heterocycles. The summed E-state index contributed by atoms with van der Waals surface area (Å²) in [6.07, 6.45) is 2.95. The molecule has 0 fully saturated rings. The molecule has 4 nitrogen and oxygen atoms in total. The lowest BCUT2D eigenvalue weighted by molar-refractivity contribution is -0.148. The Bertz CT molecular complexity index is 419. The first-order valence-electron chi connectivity index (χ1n) is 5.33. The number of pyridine rings is 1. The molecule has 0 bridgehead atoms. The Morgan fingerprint density at radius 1 is 1.35 bits per heavy atom. The molecule has 0 N–H and O–H groups in total. The molecule has 1 rings (SSSR count). The molecule has 0 saturated heterocycles. The van der Waals surface area contributed by atoms with Gasteiger partial charge >= 0.3 is 5.97 Å². The maximum atomic E-state index is 11.4. The molecule has 1 aromatic rings. The molecule has 0 saturated carbocycles. The van der Waals surface area contributed by atoms with E-state index in [0.717, 1.165) is 0 Å². The van der Waals surface area contributed by atoms with Crippen molar-refractivity contribution in [2.24, 2.45) is 0 Å². The number of nitrogens with zero attached hydrogens (tertiary/aromatic N) is 1. The van der Waals surface area contributed by atoms with Crippen molar-refractivity contribution in [1.82, 2.24) is 4.98 Å². The summed E-state index contributed by atoms with van der Waals surface area (Å²) in [6, 6.07) is 5.33. The van der Waals surface area contributed by atoms with Crippen molar-refractivity contribution < 1.29 is 14.3 Å². The average Bonchev–Trinajstić information content (AvgIpc) is 2.24. The van der Waals surface area contributed by atoms with Crippen molar-refractivity contribution in [2.75, 3.05) is 7.11 Å². The molecular weight excluding hydrogens is 218 g/mol. The highest BCUT2D eigenvalue weighted by atomic mass is 16.6. The number of ether oxygens (including phenoxy) is 2. The maximum absolute atomic E-state index is 11.4. The van der Waals surface area contributed by atoms with Gasteiger partial charge in [-0.25, -0.2) is 9.78 Å². The van der Waals surface area contributed by atoms with Gasteiger partial charge in [-0.1, -0.05) is 6.07 Å². The fraction of sp³-hybridized carbons (Fsp3) is 0.385. The van der Waals surface area contributed by atoms with Crippen LogP contribution in [0.1, 0.15) is 26.5 Å². The minimum absolute atomic E-state index is 0.387. The van der Waals surface area contributed by atoms with Crippen molar-refractivity contribution in [3.05, 3.63) is 30.0 Å². The van der Waals surface area contributed by atoms with E-state index in [1.54, 1.807) is 31.4 Å². The Kier molecular flexibility index (Phi) is 4.26. The van der Waals surface area contributed by atoms with Crippen LogP contribution in [0.15, 0.2) is 24.3 Å². The van der Waals surface area contributed by atoms with Gasteiger partial charge in [-0.2, -0.15) is 0 Å². The smallest absolute Gasteiger partial charge is 0.331 e. The van der Waals surface area contributed by atoms with Crippen LogP contribution < -0.4 is 4.74 Å². The van der Waals surface area contributed by atoms with Gasteiger partial charge in [-0.05, 0) is 32.9 Å². The number of carbonyl (C=O) groups excluding carboxylic acids is 1. The van der Waals surface area contributed by atoms with Crippen LogP contribution in [0.4, 0.5) is 0 Å². The Labute approximate surface area is 101 Å². The monoisotopic (exact) mass is 235 g/mol. The number of esters is 1. The topological polar surface area (TPSA) is 48.4 Å². The van der Waals surface area contributed by atoms with Crippen LogP contribution in [0, 0.1) is 0 Å². The second kappa shape index (κ2) is 5.48. The van der Waals surface area contributed by atoms with Crippen LogP contribution in [0.2, 0.25) is 0 Å². The lowest BCUT2D eigenvalue weighted by Gasteiger charge is -2.17. The summed E-state index contributed by atoms with van der Waals surface area (Å²) in [5, 5.41) is 0.